The molecular formula is C15H23BrN2O. The van der Waals surface area contributed by atoms with E-state index in [4.69, 9.17) is 4.74 Å². The maximum Gasteiger partial charge on any atom is 0.0700 e. The van der Waals surface area contributed by atoms with Gasteiger partial charge in [-0.2, -0.15) is 0 Å². The summed E-state index contributed by atoms with van der Waals surface area (Å²) in [4.78, 5) is 2.34. The van der Waals surface area contributed by atoms with Crippen molar-refractivity contribution in [3.05, 3.63) is 34.3 Å². The highest BCUT2D eigenvalue weighted by Crippen LogP contribution is 2.13. The Morgan fingerprint density at radius 3 is 3.11 bits per heavy atom. The Kier molecular flexibility index (Phi) is 6.31. The van der Waals surface area contributed by atoms with Crippen LogP contribution in [0.25, 0.3) is 0 Å². The molecule has 1 aliphatic rings. The van der Waals surface area contributed by atoms with Crippen molar-refractivity contribution in [3.63, 3.8) is 0 Å². The van der Waals surface area contributed by atoms with Crippen LogP contribution >= 0.6 is 15.9 Å². The molecule has 1 heterocycles. The summed E-state index contributed by atoms with van der Waals surface area (Å²) in [5.74, 6) is 0. The second-order valence-corrected chi connectivity index (χ2v) is 6.12. The van der Waals surface area contributed by atoms with Crippen LogP contribution in [0.4, 0.5) is 0 Å². The molecule has 0 amide bonds. The Morgan fingerprint density at radius 1 is 1.47 bits per heavy atom. The van der Waals surface area contributed by atoms with Gasteiger partial charge in [-0.1, -0.05) is 28.1 Å². The zero-order valence-electron chi connectivity index (χ0n) is 11.6. The van der Waals surface area contributed by atoms with Crippen molar-refractivity contribution in [3.8, 4) is 0 Å². The van der Waals surface area contributed by atoms with Crippen LogP contribution in [-0.4, -0.2) is 44.3 Å². The van der Waals surface area contributed by atoms with E-state index >= 15 is 0 Å². The molecule has 106 valence electrons. The first-order valence-corrected chi connectivity index (χ1v) is 7.78. The third kappa shape index (κ3) is 5.61. The molecule has 0 aromatic heterocycles. The topological polar surface area (TPSA) is 24.5 Å². The van der Waals surface area contributed by atoms with E-state index in [0.717, 1.165) is 37.3 Å². The molecule has 1 aromatic rings. The highest BCUT2D eigenvalue weighted by atomic mass is 79.9. The van der Waals surface area contributed by atoms with E-state index in [1.807, 2.05) is 0 Å². The van der Waals surface area contributed by atoms with Crippen LogP contribution in [0, 0.1) is 0 Å². The summed E-state index contributed by atoms with van der Waals surface area (Å²) in [7, 11) is 2.16. The van der Waals surface area contributed by atoms with Crippen molar-refractivity contribution in [1.29, 1.82) is 0 Å². The summed E-state index contributed by atoms with van der Waals surface area (Å²) in [5.41, 5.74) is 1.34. The van der Waals surface area contributed by atoms with Crippen LogP contribution in [0.3, 0.4) is 0 Å². The molecule has 1 fully saturated rings. The van der Waals surface area contributed by atoms with Crippen molar-refractivity contribution in [2.75, 3.05) is 33.3 Å². The predicted octanol–water partition coefficient (Wildman–Crippen LogP) is 2.65. The molecule has 1 aliphatic heterocycles. The van der Waals surface area contributed by atoms with Gasteiger partial charge in [0, 0.05) is 37.3 Å². The van der Waals surface area contributed by atoms with E-state index in [1.54, 1.807) is 0 Å². The number of hydrogen-bond donors (Lipinski definition) is 1. The fourth-order valence-corrected chi connectivity index (χ4v) is 2.81. The fourth-order valence-electron chi connectivity index (χ4n) is 2.36. The summed E-state index contributed by atoms with van der Waals surface area (Å²) in [5, 5.41) is 3.48. The molecule has 0 spiro atoms. The predicted molar refractivity (Wildman–Crippen MR) is 82.3 cm³/mol. The van der Waals surface area contributed by atoms with Gasteiger partial charge < -0.3 is 15.0 Å². The van der Waals surface area contributed by atoms with Gasteiger partial charge >= 0.3 is 0 Å². The molecule has 1 unspecified atom stereocenters. The Balaban J connectivity index is 1.60. The lowest BCUT2D eigenvalue weighted by atomic mass is 10.2. The van der Waals surface area contributed by atoms with Crippen molar-refractivity contribution >= 4 is 15.9 Å². The van der Waals surface area contributed by atoms with Crippen LogP contribution in [0.15, 0.2) is 28.7 Å². The highest BCUT2D eigenvalue weighted by molar-refractivity contribution is 9.10. The summed E-state index contributed by atoms with van der Waals surface area (Å²) >= 11 is 3.51. The minimum Gasteiger partial charge on any atom is -0.377 e. The molecule has 1 saturated heterocycles. The van der Waals surface area contributed by atoms with Gasteiger partial charge in [-0.25, -0.2) is 0 Å². The first kappa shape index (κ1) is 15.0. The average Bonchev–Trinajstić information content (AvgIpc) is 2.88. The number of nitrogens with zero attached hydrogens (tertiary/aromatic N) is 1. The standard InChI is InChI=1S/C15H23BrN2O/c1-18(12-13-4-2-5-14(16)10-13)8-7-17-11-15-6-3-9-19-15/h2,4-5,10,15,17H,3,6-9,11-12H2,1H3. The monoisotopic (exact) mass is 326 g/mol. The maximum absolute atomic E-state index is 5.59. The van der Waals surface area contributed by atoms with Gasteiger partial charge in [0.15, 0.2) is 0 Å². The van der Waals surface area contributed by atoms with E-state index in [2.05, 4.69) is 57.5 Å². The van der Waals surface area contributed by atoms with Crippen molar-refractivity contribution < 1.29 is 4.74 Å². The normalized spacial score (nSPS) is 19.2. The Hall–Kier alpha value is -0.420. The first-order valence-electron chi connectivity index (χ1n) is 6.99. The van der Waals surface area contributed by atoms with E-state index in [9.17, 15) is 0 Å². The molecule has 19 heavy (non-hydrogen) atoms. The van der Waals surface area contributed by atoms with Gasteiger partial charge in [-0.15, -0.1) is 0 Å². The number of ether oxygens (including phenoxy) is 1. The van der Waals surface area contributed by atoms with E-state index in [0.29, 0.717) is 6.10 Å². The molecule has 4 heteroatoms. The average molecular weight is 327 g/mol. The molecule has 2 rings (SSSR count). The lowest BCUT2D eigenvalue weighted by Gasteiger charge is -2.18. The van der Waals surface area contributed by atoms with Gasteiger partial charge in [0.25, 0.3) is 0 Å². The molecule has 1 N–H and O–H groups in total. The number of rotatable bonds is 7. The SMILES string of the molecule is CN(CCNCC1CCCO1)Cc1cccc(Br)c1. The van der Waals surface area contributed by atoms with Gasteiger partial charge in [0.05, 0.1) is 6.10 Å². The van der Waals surface area contributed by atoms with Gasteiger partial charge in [-0.3, -0.25) is 0 Å². The van der Waals surface area contributed by atoms with Crippen molar-refractivity contribution in [2.45, 2.75) is 25.5 Å². The second-order valence-electron chi connectivity index (χ2n) is 5.21. The van der Waals surface area contributed by atoms with Crippen LogP contribution in [0.2, 0.25) is 0 Å². The Morgan fingerprint density at radius 2 is 2.37 bits per heavy atom. The van der Waals surface area contributed by atoms with Crippen molar-refractivity contribution in [2.24, 2.45) is 0 Å². The minimum atomic E-state index is 0.440. The molecule has 3 nitrogen and oxygen atoms in total. The van der Waals surface area contributed by atoms with Gasteiger partial charge in [0.2, 0.25) is 0 Å². The minimum absolute atomic E-state index is 0.440. The highest BCUT2D eigenvalue weighted by Gasteiger charge is 2.14. The third-order valence-corrected chi connectivity index (χ3v) is 3.90. The largest absolute Gasteiger partial charge is 0.377 e. The number of halogens is 1. The maximum atomic E-state index is 5.59. The second kappa shape index (κ2) is 8.00. The smallest absolute Gasteiger partial charge is 0.0700 e. The molecule has 0 saturated carbocycles. The van der Waals surface area contributed by atoms with Crippen LogP contribution < -0.4 is 5.32 Å². The zero-order valence-corrected chi connectivity index (χ0v) is 13.2. The van der Waals surface area contributed by atoms with E-state index < -0.39 is 0 Å². The summed E-state index contributed by atoms with van der Waals surface area (Å²) in [6.07, 6.45) is 2.87. The molecule has 1 aromatic carbocycles. The number of nitrogens with one attached hydrogen (secondary N) is 1. The lowest BCUT2D eigenvalue weighted by Crippen LogP contribution is -2.33. The third-order valence-electron chi connectivity index (χ3n) is 3.41. The van der Waals surface area contributed by atoms with E-state index in [1.165, 1.54) is 18.4 Å². The van der Waals surface area contributed by atoms with Gasteiger partial charge in [-0.05, 0) is 37.6 Å². The van der Waals surface area contributed by atoms with Crippen LogP contribution in [-0.2, 0) is 11.3 Å². The van der Waals surface area contributed by atoms with E-state index in [-0.39, 0.29) is 0 Å². The van der Waals surface area contributed by atoms with Gasteiger partial charge in [0.1, 0.15) is 0 Å². The number of likely N-dealkylation sites (N-methyl/N-ethyl adjacent to an activating group) is 1. The first-order chi connectivity index (χ1) is 9.24. The molecule has 0 radical (unpaired) electrons. The Bertz CT molecular complexity index is 380. The fraction of sp³-hybridized carbons (Fsp3) is 0.600. The van der Waals surface area contributed by atoms with Crippen LogP contribution in [0.5, 0.6) is 0 Å². The summed E-state index contributed by atoms with van der Waals surface area (Å²) < 4.78 is 6.74. The summed E-state index contributed by atoms with van der Waals surface area (Å²) in [6.45, 7) is 4.99. The van der Waals surface area contributed by atoms with Crippen LogP contribution in [0.1, 0.15) is 18.4 Å². The molecule has 1 atom stereocenters. The quantitative estimate of drug-likeness (QED) is 0.779. The molecular weight excluding hydrogens is 304 g/mol. The summed E-state index contributed by atoms with van der Waals surface area (Å²) in [6, 6.07) is 8.49. The Labute approximate surface area is 124 Å². The zero-order chi connectivity index (χ0) is 13.5. The molecule has 0 bridgehead atoms. The number of hydrogen-bond acceptors (Lipinski definition) is 3. The van der Waals surface area contributed by atoms with Crippen molar-refractivity contribution in [1.82, 2.24) is 10.2 Å². The lowest BCUT2D eigenvalue weighted by molar-refractivity contribution is 0.109. The molecule has 0 aliphatic carbocycles. The number of benzene rings is 1.